The Morgan fingerprint density at radius 1 is 1.20 bits per heavy atom. The van der Waals surface area contributed by atoms with Crippen LogP contribution >= 0.6 is 11.6 Å². The summed E-state index contributed by atoms with van der Waals surface area (Å²) in [6, 6.07) is 13.3. The molecular weight excluding hydrogens is 274 g/mol. The summed E-state index contributed by atoms with van der Waals surface area (Å²) in [6.45, 7) is 0.205. The maximum absolute atomic E-state index is 12.0. The lowest BCUT2D eigenvalue weighted by Gasteiger charge is -2.07. The quantitative estimate of drug-likeness (QED) is 0.688. The number of carbonyl (C=O) groups excluding carboxylic acids is 1. The van der Waals surface area contributed by atoms with Gasteiger partial charge in [-0.05, 0) is 24.3 Å². The van der Waals surface area contributed by atoms with E-state index in [4.69, 9.17) is 11.6 Å². The molecule has 0 saturated carbocycles. The standard InChI is InChI=1S/C15H10ClN3O/c16-9-5-6-12-11(7-9)15-10-3-1-2-4-13(10)18-19(15)8-14(20)17-12/h1-7H,8H2,(H,17,20). The average molecular weight is 284 g/mol. The average Bonchev–Trinajstić information content (AvgIpc) is 2.72. The van der Waals surface area contributed by atoms with Crippen molar-refractivity contribution in [3.05, 3.63) is 47.5 Å². The van der Waals surface area contributed by atoms with Crippen LogP contribution in [-0.2, 0) is 11.3 Å². The molecule has 0 fully saturated rings. The number of anilines is 1. The highest BCUT2D eigenvalue weighted by Gasteiger charge is 2.22. The molecule has 1 aliphatic rings. The Balaban J connectivity index is 2.14. The summed E-state index contributed by atoms with van der Waals surface area (Å²) in [7, 11) is 0. The largest absolute Gasteiger partial charge is 0.324 e. The van der Waals surface area contributed by atoms with E-state index in [0.717, 1.165) is 27.8 Å². The molecule has 2 aromatic carbocycles. The molecule has 4 nitrogen and oxygen atoms in total. The molecule has 20 heavy (non-hydrogen) atoms. The second-order valence-electron chi connectivity index (χ2n) is 4.76. The van der Waals surface area contributed by atoms with Gasteiger partial charge in [0.2, 0.25) is 5.91 Å². The molecular formula is C15H10ClN3O. The second kappa shape index (κ2) is 4.08. The van der Waals surface area contributed by atoms with Gasteiger partial charge in [0.25, 0.3) is 0 Å². The first kappa shape index (κ1) is 11.5. The van der Waals surface area contributed by atoms with Crippen molar-refractivity contribution in [3.63, 3.8) is 0 Å². The van der Waals surface area contributed by atoms with E-state index >= 15 is 0 Å². The summed E-state index contributed by atoms with van der Waals surface area (Å²) >= 11 is 6.11. The molecule has 0 atom stereocenters. The van der Waals surface area contributed by atoms with Crippen LogP contribution in [0.1, 0.15) is 0 Å². The lowest BCUT2D eigenvalue weighted by atomic mass is 10.1. The van der Waals surface area contributed by atoms with Crippen LogP contribution in [0.4, 0.5) is 5.69 Å². The highest BCUT2D eigenvalue weighted by Crippen LogP contribution is 2.37. The van der Waals surface area contributed by atoms with Gasteiger partial charge in [0.1, 0.15) is 6.54 Å². The van der Waals surface area contributed by atoms with Gasteiger partial charge < -0.3 is 5.32 Å². The van der Waals surface area contributed by atoms with Crippen LogP contribution in [0.15, 0.2) is 42.5 Å². The van der Waals surface area contributed by atoms with Crippen LogP contribution in [0, 0.1) is 0 Å². The van der Waals surface area contributed by atoms with E-state index in [-0.39, 0.29) is 12.5 Å². The predicted octanol–water partition coefficient (Wildman–Crippen LogP) is 3.31. The number of amides is 1. The first-order valence-electron chi connectivity index (χ1n) is 6.28. The number of hydrogen-bond donors (Lipinski definition) is 1. The maximum atomic E-state index is 12.0. The van der Waals surface area contributed by atoms with Gasteiger partial charge in [-0.15, -0.1) is 0 Å². The fourth-order valence-corrected chi connectivity index (χ4v) is 2.80. The molecule has 0 saturated heterocycles. The second-order valence-corrected chi connectivity index (χ2v) is 5.20. The van der Waals surface area contributed by atoms with Gasteiger partial charge in [-0.1, -0.05) is 29.8 Å². The van der Waals surface area contributed by atoms with Crippen molar-refractivity contribution in [3.8, 4) is 11.3 Å². The summed E-state index contributed by atoms with van der Waals surface area (Å²) in [4.78, 5) is 12.0. The minimum Gasteiger partial charge on any atom is -0.324 e. The van der Waals surface area contributed by atoms with Gasteiger partial charge >= 0.3 is 0 Å². The lowest BCUT2D eigenvalue weighted by molar-refractivity contribution is -0.116. The number of rotatable bonds is 0. The third-order valence-electron chi connectivity index (χ3n) is 3.45. The number of hydrogen-bond acceptors (Lipinski definition) is 2. The zero-order chi connectivity index (χ0) is 13.7. The number of nitrogens with zero attached hydrogens (tertiary/aromatic N) is 2. The molecule has 1 N–H and O–H groups in total. The normalized spacial score (nSPS) is 13.6. The Morgan fingerprint density at radius 2 is 2.05 bits per heavy atom. The zero-order valence-electron chi connectivity index (χ0n) is 10.4. The van der Waals surface area contributed by atoms with E-state index < -0.39 is 0 Å². The molecule has 0 unspecified atom stereocenters. The Hall–Kier alpha value is -2.33. The van der Waals surface area contributed by atoms with Crippen LogP contribution in [0.5, 0.6) is 0 Å². The smallest absolute Gasteiger partial charge is 0.246 e. The van der Waals surface area contributed by atoms with E-state index in [1.54, 1.807) is 10.7 Å². The number of aromatic nitrogens is 2. The first-order valence-corrected chi connectivity index (χ1v) is 6.65. The van der Waals surface area contributed by atoms with Crippen molar-refractivity contribution in [1.29, 1.82) is 0 Å². The van der Waals surface area contributed by atoms with Crippen molar-refractivity contribution in [2.24, 2.45) is 0 Å². The summed E-state index contributed by atoms with van der Waals surface area (Å²) in [5.74, 6) is -0.0832. The van der Waals surface area contributed by atoms with Crippen molar-refractivity contribution in [1.82, 2.24) is 9.78 Å². The van der Waals surface area contributed by atoms with Crippen LogP contribution in [0.2, 0.25) is 5.02 Å². The van der Waals surface area contributed by atoms with Crippen molar-refractivity contribution >= 4 is 34.1 Å². The number of benzene rings is 2. The first-order chi connectivity index (χ1) is 9.72. The van der Waals surface area contributed by atoms with E-state index in [1.807, 2.05) is 36.4 Å². The van der Waals surface area contributed by atoms with Gasteiger partial charge in [-0.3, -0.25) is 9.48 Å². The zero-order valence-corrected chi connectivity index (χ0v) is 11.2. The molecule has 5 heteroatoms. The summed E-state index contributed by atoms with van der Waals surface area (Å²) in [5, 5.41) is 9.05. The number of nitrogens with one attached hydrogen (secondary N) is 1. The summed E-state index contributed by atoms with van der Waals surface area (Å²) in [6.07, 6.45) is 0. The molecule has 0 spiro atoms. The third kappa shape index (κ3) is 1.62. The summed E-state index contributed by atoms with van der Waals surface area (Å²) < 4.78 is 1.74. The van der Waals surface area contributed by atoms with Gasteiger partial charge in [0.05, 0.1) is 16.9 Å². The Bertz CT molecular complexity index is 853. The van der Waals surface area contributed by atoms with E-state index in [1.165, 1.54) is 0 Å². The topological polar surface area (TPSA) is 46.9 Å². The highest BCUT2D eigenvalue weighted by atomic mass is 35.5. The number of fused-ring (bicyclic) bond motifs is 5. The van der Waals surface area contributed by atoms with Crippen LogP contribution in [0.3, 0.4) is 0 Å². The van der Waals surface area contributed by atoms with Crippen molar-refractivity contribution in [2.45, 2.75) is 6.54 Å². The predicted molar refractivity (Wildman–Crippen MR) is 78.8 cm³/mol. The molecule has 0 bridgehead atoms. The Morgan fingerprint density at radius 3 is 2.95 bits per heavy atom. The van der Waals surface area contributed by atoms with E-state index in [0.29, 0.717) is 5.02 Å². The molecule has 1 aliphatic heterocycles. The maximum Gasteiger partial charge on any atom is 0.246 e. The van der Waals surface area contributed by atoms with Crippen molar-refractivity contribution < 1.29 is 4.79 Å². The molecule has 1 amide bonds. The molecule has 4 rings (SSSR count). The molecule has 2 heterocycles. The monoisotopic (exact) mass is 283 g/mol. The van der Waals surface area contributed by atoms with Gasteiger partial charge in [-0.25, -0.2) is 0 Å². The highest BCUT2D eigenvalue weighted by molar-refractivity contribution is 6.31. The minimum atomic E-state index is -0.0832. The van der Waals surface area contributed by atoms with Gasteiger partial charge in [0, 0.05) is 16.0 Å². The SMILES string of the molecule is O=C1Cn2nc3ccccc3c2-c2cc(Cl)ccc2N1. The Labute approximate surface area is 120 Å². The van der Waals surface area contributed by atoms with Gasteiger partial charge in [-0.2, -0.15) is 5.10 Å². The fraction of sp³-hybridized carbons (Fsp3) is 0.0667. The summed E-state index contributed by atoms with van der Waals surface area (Å²) in [5.41, 5.74) is 3.47. The molecule has 0 aliphatic carbocycles. The third-order valence-corrected chi connectivity index (χ3v) is 3.69. The number of halogens is 1. The van der Waals surface area contributed by atoms with Gasteiger partial charge in [0.15, 0.2) is 0 Å². The molecule has 3 aromatic rings. The van der Waals surface area contributed by atoms with Crippen LogP contribution in [0.25, 0.3) is 22.2 Å². The molecule has 1 aromatic heterocycles. The number of carbonyl (C=O) groups is 1. The van der Waals surface area contributed by atoms with Crippen LogP contribution in [-0.4, -0.2) is 15.7 Å². The Kier molecular flexibility index (Phi) is 2.35. The lowest BCUT2D eigenvalue weighted by Crippen LogP contribution is -2.17. The van der Waals surface area contributed by atoms with Crippen LogP contribution < -0.4 is 5.32 Å². The molecule has 0 radical (unpaired) electrons. The fourth-order valence-electron chi connectivity index (χ4n) is 2.63. The van der Waals surface area contributed by atoms with Crippen molar-refractivity contribution in [2.75, 3.05) is 5.32 Å². The molecule has 98 valence electrons. The van der Waals surface area contributed by atoms with E-state index in [9.17, 15) is 4.79 Å². The van der Waals surface area contributed by atoms with E-state index in [2.05, 4.69) is 10.4 Å². The minimum absolute atomic E-state index is 0.0832.